The molecule has 142 valence electrons. The predicted octanol–water partition coefficient (Wildman–Crippen LogP) is 5.92. The third kappa shape index (κ3) is 4.28. The fourth-order valence-electron chi connectivity index (χ4n) is 2.76. The molecule has 26 heavy (non-hydrogen) atoms. The molecule has 0 fully saturated rings. The van der Waals surface area contributed by atoms with Crippen molar-refractivity contribution in [3.8, 4) is 11.3 Å². The van der Waals surface area contributed by atoms with Gasteiger partial charge in [-0.3, -0.25) is 0 Å². The van der Waals surface area contributed by atoms with Crippen molar-refractivity contribution in [2.24, 2.45) is 12.5 Å². The molecule has 2 aromatic rings. The summed E-state index contributed by atoms with van der Waals surface area (Å²) in [7, 11) is 1.92. The summed E-state index contributed by atoms with van der Waals surface area (Å²) in [5, 5.41) is 0. The van der Waals surface area contributed by atoms with Gasteiger partial charge >= 0.3 is 6.18 Å². The average Bonchev–Trinajstić information content (AvgIpc) is 2.53. The summed E-state index contributed by atoms with van der Waals surface area (Å²) in [6, 6.07) is 8.86. The summed E-state index contributed by atoms with van der Waals surface area (Å²) >= 11 is 0. The number of hydrogen-bond donors (Lipinski definition) is 0. The molecule has 1 heterocycles. The second-order valence-electron chi connectivity index (χ2n) is 8.44. The highest BCUT2D eigenvalue weighted by atomic mass is 19.4. The first-order valence-electron chi connectivity index (χ1n) is 9.68. The average molecular weight is 366 g/mol. The predicted molar refractivity (Wildman–Crippen MR) is 100 cm³/mol. The van der Waals surface area contributed by atoms with E-state index in [-0.39, 0.29) is 11.0 Å². The summed E-state index contributed by atoms with van der Waals surface area (Å²) in [5.74, 6) is 0. The normalized spacial score (nSPS) is 14.8. The van der Waals surface area contributed by atoms with Gasteiger partial charge in [-0.05, 0) is 41.5 Å². The van der Waals surface area contributed by atoms with Gasteiger partial charge in [0, 0.05) is 20.4 Å². The quantitative estimate of drug-likeness (QED) is 0.594. The lowest BCUT2D eigenvalue weighted by Crippen LogP contribution is -2.34. The molecule has 2 rings (SSSR count). The number of nitrogens with zero attached hydrogens (tertiary/aromatic N) is 1. The second kappa shape index (κ2) is 6.71. The molecule has 0 aliphatic carbocycles. The molecule has 0 spiro atoms. The second-order valence-corrected chi connectivity index (χ2v) is 8.44. The van der Waals surface area contributed by atoms with Crippen LogP contribution in [0.3, 0.4) is 0 Å². The number of aryl methyl sites for hydroxylation is 2. The van der Waals surface area contributed by atoms with Crippen molar-refractivity contribution in [1.29, 1.82) is 0 Å². The summed E-state index contributed by atoms with van der Waals surface area (Å²) < 4.78 is 58.6. The Hall–Kier alpha value is -1.84. The van der Waals surface area contributed by atoms with Crippen molar-refractivity contribution >= 4 is 0 Å². The molecule has 0 unspecified atom stereocenters. The maximum Gasteiger partial charge on any atom is 0.394 e. The summed E-state index contributed by atoms with van der Waals surface area (Å²) in [6.07, 6.45) is -5.24. The molecule has 0 amide bonds. The minimum absolute atomic E-state index is 0.0331. The summed E-state index contributed by atoms with van der Waals surface area (Å²) in [4.78, 5) is 0. The number of halogens is 3. The molecule has 0 saturated carbocycles. The Morgan fingerprint density at radius 3 is 2.12 bits per heavy atom. The van der Waals surface area contributed by atoms with Crippen LogP contribution in [0.5, 0.6) is 0 Å². The van der Waals surface area contributed by atoms with Gasteiger partial charge in [0.15, 0.2) is 6.20 Å². The largest absolute Gasteiger partial charge is 0.394 e. The van der Waals surface area contributed by atoms with E-state index >= 15 is 0 Å². The lowest BCUT2D eigenvalue weighted by atomic mass is 9.83. The molecular weight excluding hydrogens is 335 g/mol. The van der Waals surface area contributed by atoms with E-state index in [1.807, 2.05) is 17.8 Å². The molecule has 1 nitrogen and oxygen atoms in total. The Kier molecular flexibility index (Phi) is 4.54. The monoisotopic (exact) mass is 366 g/mol. The van der Waals surface area contributed by atoms with Crippen LogP contribution in [0.4, 0.5) is 13.2 Å². The maximum absolute atomic E-state index is 13.4. The van der Waals surface area contributed by atoms with Gasteiger partial charge in [0.1, 0.15) is 7.05 Å². The number of hydrogen-bond acceptors (Lipinski definition) is 0. The number of pyridine rings is 1. The summed E-state index contributed by atoms with van der Waals surface area (Å²) in [5.41, 5.74) is 1.19. The standard InChI is InChI=1S/C22H29F3N/c1-15-12-16(14-21(5,6)22(23,24)25)8-9-18(15)19-13-17(20(2,3)4)10-11-26(19)7/h8-13H,14H2,1-7H3/q+1/i14D2. The van der Waals surface area contributed by atoms with Crippen LogP contribution in [0.1, 0.15) is 54.1 Å². The van der Waals surface area contributed by atoms with Gasteiger partial charge in [-0.25, -0.2) is 4.57 Å². The zero-order valence-corrected chi connectivity index (χ0v) is 16.5. The lowest BCUT2D eigenvalue weighted by Gasteiger charge is -2.28. The van der Waals surface area contributed by atoms with E-state index in [0.29, 0.717) is 0 Å². The van der Waals surface area contributed by atoms with Crippen molar-refractivity contribution in [3.05, 3.63) is 53.2 Å². The van der Waals surface area contributed by atoms with E-state index in [9.17, 15) is 13.2 Å². The van der Waals surface area contributed by atoms with Gasteiger partial charge in [-0.15, -0.1) is 0 Å². The summed E-state index contributed by atoms with van der Waals surface area (Å²) in [6.45, 7) is 9.98. The van der Waals surface area contributed by atoms with E-state index in [1.165, 1.54) is 12.1 Å². The highest BCUT2D eigenvalue weighted by Gasteiger charge is 2.47. The van der Waals surface area contributed by atoms with Gasteiger partial charge in [0.05, 0.1) is 5.41 Å². The van der Waals surface area contributed by atoms with Gasteiger partial charge in [0.25, 0.3) is 0 Å². The SMILES string of the molecule is [2H]C([2H])(c1ccc(-c2cc(C(C)(C)C)cc[n+]2C)c(C)c1)C(C)(C)C(F)(F)F. The molecule has 1 aromatic carbocycles. The van der Waals surface area contributed by atoms with Crippen LogP contribution in [-0.2, 0) is 18.8 Å². The van der Waals surface area contributed by atoms with Gasteiger partial charge < -0.3 is 0 Å². The Labute approximate surface area is 157 Å². The first kappa shape index (κ1) is 17.6. The number of alkyl halides is 3. The third-order valence-corrected chi connectivity index (χ3v) is 4.68. The molecule has 0 aliphatic rings. The van der Waals surface area contributed by atoms with Crippen LogP contribution in [-0.4, -0.2) is 6.18 Å². The van der Waals surface area contributed by atoms with E-state index in [0.717, 1.165) is 36.2 Å². The Morgan fingerprint density at radius 2 is 1.62 bits per heavy atom. The van der Waals surface area contributed by atoms with E-state index < -0.39 is 18.0 Å². The van der Waals surface area contributed by atoms with Crippen LogP contribution in [0.25, 0.3) is 11.3 Å². The highest BCUT2D eigenvalue weighted by molar-refractivity contribution is 5.62. The van der Waals surface area contributed by atoms with Crippen molar-refractivity contribution in [1.82, 2.24) is 0 Å². The first-order chi connectivity index (χ1) is 12.5. The third-order valence-electron chi connectivity index (χ3n) is 4.68. The molecule has 0 aliphatic heterocycles. The molecule has 4 heteroatoms. The minimum atomic E-state index is -4.66. The molecule has 1 aromatic heterocycles. The molecule has 0 radical (unpaired) electrons. The number of benzene rings is 1. The lowest BCUT2D eigenvalue weighted by molar-refractivity contribution is -0.660. The van der Waals surface area contributed by atoms with Crippen molar-refractivity contribution in [2.45, 2.75) is 59.5 Å². The smallest absolute Gasteiger partial charge is 0.201 e. The van der Waals surface area contributed by atoms with Gasteiger partial charge in [-0.2, -0.15) is 13.2 Å². The van der Waals surface area contributed by atoms with Crippen molar-refractivity contribution < 1.29 is 20.5 Å². The molecular formula is C22H29F3N+. The first-order valence-corrected chi connectivity index (χ1v) is 8.68. The maximum atomic E-state index is 13.4. The molecule has 0 saturated heterocycles. The van der Waals surface area contributed by atoms with Crippen LogP contribution >= 0.6 is 0 Å². The molecule has 0 N–H and O–H groups in total. The van der Waals surface area contributed by atoms with Crippen LogP contribution < -0.4 is 4.57 Å². The van der Waals surface area contributed by atoms with Crippen molar-refractivity contribution in [3.63, 3.8) is 0 Å². The Bertz CT molecular complexity index is 878. The Balaban J connectivity index is 2.58. The van der Waals surface area contributed by atoms with Gasteiger partial charge in [0.2, 0.25) is 5.69 Å². The number of aromatic nitrogens is 1. The molecule has 0 atom stereocenters. The molecule has 0 bridgehead atoms. The van der Waals surface area contributed by atoms with Crippen molar-refractivity contribution in [2.75, 3.05) is 0 Å². The minimum Gasteiger partial charge on any atom is -0.201 e. The fourth-order valence-corrected chi connectivity index (χ4v) is 2.76. The van der Waals surface area contributed by atoms with E-state index in [2.05, 4.69) is 32.9 Å². The number of rotatable bonds is 3. The van der Waals surface area contributed by atoms with E-state index in [4.69, 9.17) is 2.74 Å². The van der Waals surface area contributed by atoms with Crippen LogP contribution in [0, 0.1) is 12.3 Å². The topological polar surface area (TPSA) is 3.88 Å². The zero-order chi connectivity index (χ0) is 21.7. The zero-order valence-electron chi connectivity index (χ0n) is 18.5. The van der Waals surface area contributed by atoms with Crippen LogP contribution in [0.2, 0.25) is 0 Å². The fraction of sp³-hybridized carbons (Fsp3) is 0.500. The highest BCUT2D eigenvalue weighted by Crippen LogP contribution is 2.40. The van der Waals surface area contributed by atoms with Gasteiger partial charge in [-0.1, -0.05) is 46.8 Å². The van der Waals surface area contributed by atoms with E-state index in [1.54, 1.807) is 13.0 Å². The van der Waals surface area contributed by atoms with Crippen LogP contribution in [0.15, 0.2) is 36.5 Å². The Morgan fingerprint density at radius 1 is 1.00 bits per heavy atom.